The molecule has 0 saturated carbocycles. The van der Waals surface area contributed by atoms with Crippen molar-refractivity contribution in [3.63, 3.8) is 0 Å². The van der Waals surface area contributed by atoms with Gasteiger partial charge in [0, 0.05) is 29.8 Å². The van der Waals surface area contributed by atoms with E-state index in [-0.39, 0.29) is 35.8 Å². The van der Waals surface area contributed by atoms with E-state index >= 15 is 0 Å². The summed E-state index contributed by atoms with van der Waals surface area (Å²) in [6.45, 7) is 0.288. The summed E-state index contributed by atoms with van der Waals surface area (Å²) in [5.74, 6) is -0.320. The van der Waals surface area contributed by atoms with E-state index in [4.69, 9.17) is 4.42 Å². The maximum Gasteiger partial charge on any atom is 0.269 e. The van der Waals surface area contributed by atoms with Gasteiger partial charge in [0.15, 0.2) is 0 Å². The Labute approximate surface area is 187 Å². The first kappa shape index (κ1) is 20.3. The molecule has 0 atom stereocenters. The van der Waals surface area contributed by atoms with E-state index in [2.05, 4.69) is 10.2 Å². The zero-order chi connectivity index (χ0) is 22.9. The molecule has 0 unspecified atom stereocenters. The maximum absolute atomic E-state index is 12.9. The van der Waals surface area contributed by atoms with Crippen LogP contribution >= 0.6 is 0 Å². The molecule has 1 aromatic heterocycles. The largest absolute Gasteiger partial charge is 0.416 e. The number of nitrogens with zero attached hydrogens (tertiary/aromatic N) is 4. The Balaban J connectivity index is 1.37. The molecule has 4 aromatic rings. The molecule has 3 aromatic carbocycles. The van der Waals surface area contributed by atoms with Gasteiger partial charge in [0.2, 0.25) is 11.8 Å². The van der Waals surface area contributed by atoms with Crippen molar-refractivity contribution in [2.75, 3.05) is 6.54 Å². The van der Waals surface area contributed by atoms with Gasteiger partial charge in [-0.15, -0.1) is 10.2 Å². The number of hydrogen-bond acceptors (Lipinski definition) is 7. The van der Waals surface area contributed by atoms with Crippen LogP contribution in [-0.4, -0.2) is 38.4 Å². The summed E-state index contributed by atoms with van der Waals surface area (Å²) >= 11 is 0. The van der Waals surface area contributed by atoms with Crippen LogP contribution in [0, 0.1) is 10.1 Å². The number of benzene rings is 3. The first-order valence-corrected chi connectivity index (χ1v) is 10.1. The van der Waals surface area contributed by atoms with Crippen LogP contribution < -0.4 is 0 Å². The molecule has 0 bridgehead atoms. The van der Waals surface area contributed by atoms with Gasteiger partial charge >= 0.3 is 0 Å². The van der Waals surface area contributed by atoms with Crippen molar-refractivity contribution in [1.82, 2.24) is 15.1 Å². The normalized spacial score (nSPS) is 12.8. The number of nitro groups is 1. The second kappa shape index (κ2) is 8.12. The molecule has 0 aliphatic carbocycles. The first-order chi connectivity index (χ1) is 16.0. The lowest BCUT2D eigenvalue weighted by Crippen LogP contribution is -2.31. The average Bonchev–Trinajstić information content (AvgIpc) is 3.42. The Bertz CT molecular complexity index is 1380. The third-order valence-corrected chi connectivity index (χ3v) is 5.43. The van der Waals surface area contributed by atoms with Gasteiger partial charge in [0.25, 0.3) is 17.5 Å². The fraction of sp³-hybridized carbons (Fsp3) is 0.0833. The van der Waals surface area contributed by atoms with E-state index < -0.39 is 4.92 Å². The Kier molecular flexibility index (Phi) is 4.98. The molecule has 1 aliphatic rings. The number of non-ortho nitro benzene ring substituents is 1. The molecular formula is C24H16N4O5. The lowest BCUT2D eigenvalue weighted by Gasteiger charge is -2.13. The molecular weight excluding hydrogens is 424 g/mol. The number of carbonyl (C=O) groups is 2. The molecule has 0 N–H and O–H groups in total. The summed E-state index contributed by atoms with van der Waals surface area (Å²) < 4.78 is 5.71. The highest BCUT2D eigenvalue weighted by atomic mass is 16.6. The number of rotatable bonds is 6. The monoisotopic (exact) mass is 440 g/mol. The molecule has 9 heteroatoms. The van der Waals surface area contributed by atoms with Crippen molar-refractivity contribution in [1.29, 1.82) is 0 Å². The van der Waals surface area contributed by atoms with E-state index in [1.807, 2.05) is 30.3 Å². The Morgan fingerprint density at radius 3 is 2.15 bits per heavy atom. The second-order valence-corrected chi connectivity index (χ2v) is 7.47. The maximum atomic E-state index is 12.9. The van der Waals surface area contributed by atoms with Crippen LogP contribution in [0.25, 0.3) is 22.9 Å². The minimum absolute atomic E-state index is 0.0443. The molecule has 5 rings (SSSR count). The molecule has 9 nitrogen and oxygen atoms in total. The standard InChI is InChI=1S/C24H16N4O5/c29-23-19-11-8-17(14-20(19)24(30)27(23)13-12-15-4-2-1-3-5-15)22-26-25-21(33-22)16-6-9-18(10-7-16)28(31)32/h1-11,14H,12-13H2. The van der Waals surface area contributed by atoms with Crippen LogP contribution in [0.1, 0.15) is 26.3 Å². The number of nitro benzene ring substituents is 1. The highest BCUT2D eigenvalue weighted by molar-refractivity contribution is 6.21. The molecule has 0 radical (unpaired) electrons. The Morgan fingerprint density at radius 2 is 1.45 bits per heavy atom. The number of aromatic nitrogens is 2. The van der Waals surface area contributed by atoms with E-state index in [0.29, 0.717) is 28.7 Å². The van der Waals surface area contributed by atoms with Crippen LogP contribution in [0.15, 0.2) is 77.2 Å². The van der Waals surface area contributed by atoms with Gasteiger partial charge in [-0.25, -0.2) is 0 Å². The number of hydrogen-bond donors (Lipinski definition) is 0. The smallest absolute Gasteiger partial charge is 0.269 e. The van der Waals surface area contributed by atoms with Crippen LogP contribution in [0.3, 0.4) is 0 Å². The van der Waals surface area contributed by atoms with Crippen LogP contribution in [-0.2, 0) is 6.42 Å². The quantitative estimate of drug-likeness (QED) is 0.251. The molecule has 0 fully saturated rings. The fourth-order valence-electron chi connectivity index (χ4n) is 3.69. The average molecular weight is 440 g/mol. The minimum atomic E-state index is -0.491. The van der Waals surface area contributed by atoms with Crippen molar-refractivity contribution in [3.8, 4) is 22.9 Å². The van der Waals surface area contributed by atoms with Gasteiger partial charge in [-0.05, 0) is 42.3 Å². The number of carbonyl (C=O) groups excluding carboxylic acids is 2. The predicted molar refractivity (Wildman–Crippen MR) is 117 cm³/mol. The molecule has 162 valence electrons. The lowest BCUT2D eigenvalue weighted by molar-refractivity contribution is -0.384. The van der Waals surface area contributed by atoms with Gasteiger partial charge in [-0.3, -0.25) is 24.6 Å². The third-order valence-electron chi connectivity index (χ3n) is 5.43. The molecule has 33 heavy (non-hydrogen) atoms. The van der Waals surface area contributed by atoms with Crippen LogP contribution in [0.2, 0.25) is 0 Å². The zero-order valence-corrected chi connectivity index (χ0v) is 17.2. The highest BCUT2D eigenvalue weighted by Gasteiger charge is 2.35. The molecule has 2 heterocycles. The molecule has 0 spiro atoms. The molecule has 0 saturated heterocycles. The van der Waals surface area contributed by atoms with Gasteiger partial charge < -0.3 is 4.42 Å². The number of imide groups is 1. The van der Waals surface area contributed by atoms with Crippen molar-refractivity contribution < 1.29 is 18.9 Å². The van der Waals surface area contributed by atoms with Crippen molar-refractivity contribution in [2.24, 2.45) is 0 Å². The van der Waals surface area contributed by atoms with E-state index in [1.165, 1.54) is 29.2 Å². The van der Waals surface area contributed by atoms with Crippen molar-refractivity contribution in [2.45, 2.75) is 6.42 Å². The summed E-state index contributed by atoms with van der Waals surface area (Å²) in [7, 11) is 0. The predicted octanol–water partition coefficient (Wildman–Crippen LogP) is 4.15. The van der Waals surface area contributed by atoms with E-state index in [1.54, 1.807) is 18.2 Å². The fourth-order valence-corrected chi connectivity index (χ4v) is 3.69. The van der Waals surface area contributed by atoms with Crippen LogP contribution in [0.5, 0.6) is 0 Å². The summed E-state index contributed by atoms with van der Waals surface area (Å²) in [6, 6.07) is 20.2. The topological polar surface area (TPSA) is 119 Å². The summed E-state index contributed by atoms with van der Waals surface area (Å²) in [6.07, 6.45) is 0.571. The second-order valence-electron chi connectivity index (χ2n) is 7.47. The van der Waals surface area contributed by atoms with E-state index in [9.17, 15) is 19.7 Å². The SMILES string of the molecule is O=C1c2ccc(-c3nnc(-c4ccc([N+](=O)[O-])cc4)o3)cc2C(=O)N1CCc1ccccc1. The van der Waals surface area contributed by atoms with Crippen molar-refractivity contribution in [3.05, 3.63) is 99.6 Å². The van der Waals surface area contributed by atoms with Crippen molar-refractivity contribution >= 4 is 17.5 Å². The summed E-state index contributed by atoms with van der Waals surface area (Å²) in [5.41, 5.74) is 2.66. The van der Waals surface area contributed by atoms with Gasteiger partial charge in [0.1, 0.15) is 0 Å². The first-order valence-electron chi connectivity index (χ1n) is 10.1. The Morgan fingerprint density at radius 1 is 0.818 bits per heavy atom. The van der Waals surface area contributed by atoms with Gasteiger partial charge in [-0.2, -0.15) is 0 Å². The number of fused-ring (bicyclic) bond motifs is 1. The van der Waals surface area contributed by atoms with Gasteiger partial charge in [-0.1, -0.05) is 30.3 Å². The summed E-state index contributed by atoms with van der Waals surface area (Å²) in [4.78, 5) is 37.2. The van der Waals surface area contributed by atoms with Gasteiger partial charge in [0.05, 0.1) is 16.1 Å². The molecule has 2 amide bonds. The van der Waals surface area contributed by atoms with E-state index in [0.717, 1.165) is 5.56 Å². The summed E-state index contributed by atoms with van der Waals surface area (Å²) in [5, 5.41) is 18.8. The zero-order valence-electron chi connectivity index (χ0n) is 17.2. The molecule has 1 aliphatic heterocycles. The number of amides is 2. The van der Waals surface area contributed by atoms with Crippen LogP contribution in [0.4, 0.5) is 5.69 Å². The minimum Gasteiger partial charge on any atom is -0.416 e. The highest BCUT2D eigenvalue weighted by Crippen LogP contribution is 2.30. The lowest BCUT2D eigenvalue weighted by atomic mass is 10.1. The Hall–Kier alpha value is -4.66. The third kappa shape index (κ3) is 3.76.